The second kappa shape index (κ2) is 14.4. The molecule has 3 N–H and O–H groups in total. The molecule has 0 saturated carbocycles. The fourth-order valence-electron chi connectivity index (χ4n) is 4.90. The third-order valence-electron chi connectivity index (χ3n) is 7.25. The number of halogens is 1. The predicted molar refractivity (Wildman–Crippen MR) is 186 cm³/mol. The summed E-state index contributed by atoms with van der Waals surface area (Å²) in [7, 11) is -2.25. The highest BCUT2D eigenvalue weighted by molar-refractivity contribution is 7.92. The van der Waals surface area contributed by atoms with E-state index >= 15 is 0 Å². The first kappa shape index (κ1) is 36.5. The van der Waals surface area contributed by atoms with Crippen LogP contribution in [-0.2, 0) is 20.2 Å². The molecular weight excluding hydrogens is 660 g/mol. The summed E-state index contributed by atoms with van der Waals surface area (Å²) in [6.07, 6.45) is 3.49. The number of carbonyl (C=O) groups is 2. The summed E-state index contributed by atoms with van der Waals surface area (Å²) in [6, 6.07) is 9.68. The number of piperidine rings is 1. The monoisotopic (exact) mass is 702 g/mol. The van der Waals surface area contributed by atoms with Crippen LogP contribution in [0, 0.1) is 0 Å². The molecule has 0 radical (unpaired) electrons. The number of benzene rings is 2. The van der Waals surface area contributed by atoms with Crippen molar-refractivity contribution in [1.29, 1.82) is 0 Å². The Labute approximate surface area is 286 Å². The Morgan fingerprint density at radius 3 is 2.25 bits per heavy atom. The Hall–Kier alpha value is -4.30. The van der Waals surface area contributed by atoms with E-state index in [-0.39, 0.29) is 56.9 Å². The second-order valence-electron chi connectivity index (χ2n) is 13.6. The minimum Gasteiger partial charge on any atom is -0.492 e. The predicted octanol–water partition coefficient (Wildman–Crippen LogP) is 6.66. The summed E-state index contributed by atoms with van der Waals surface area (Å²) in [5.74, 6) is 0.575. The highest BCUT2D eigenvalue weighted by Crippen LogP contribution is 2.39. The molecule has 0 bridgehead atoms. The van der Waals surface area contributed by atoms with Crippen LogP contribution in [0.5, 0.6) is 17.4 Å². The Morgan fingerprint density at radius 1 is 0.979 bits per heavy atom. The average molecular weight is 703 g/mol. The number of hydrogen-bond donors (Lipinski definition) is 3. The number of anilines is 3. The van der Waals surface area contributed by atoms with Crippen LogP contribution in [0.15, 0.2) is 42.7 Å². The molecular formula is C33H43ClN6O7S. The third-order valence-corrected chi connectivity index (χ3v) is 8.15. The minimum atomic E-state index is -3.64. The number of nitrogens with zero attached hydrogens (tertiary/aromatic N) is 3. The summed E-state index contributed by atoms with van der Waals surface area (Å²) in [4.78, 5) is 36.1. The number of sulfonamides is 1. The molecule has 2 heterocycles. The van der Waals surface area contributed by atoms with Crippen molar-refractivity contribution in [2.24, 2.45) is 0 Å². The van der Waals surface area contributed by atoms with Crippen molar-refractivity contribution < 1.29 is 32.2 Å². The number of likely N-dealkylation sites (tertiary alicyclic amines) is 1. The molecule has 0 unspecified atom stereocenters. The normalized spacial score (nSPS) is 14.2. The van der Waals surface area contributed by atoms with Gasteiger partial charge in [-0.05, 0) is 74.9 Å². The molecule has 48 heavy (non-hydrogen) atoms. The lowest BCUT2D eigenvalue weighted by Gasteiger charge is -2.33. The van der Waals surface area contributed by atoms with E-state index in [1.54, 1.807) is 23.1 Å². The van der Waals surface area contributed by atoms with Crippen LogP contribution in [-0.4, -0.2) is 73.4 Å². The van der Waals surface area contributed by atoms with Gasteiger partial charge < -0.3 is 29.7 Å². The molecule has 3 aromatic rings. The van der Waals surface area contributed by atoms with Crippen molar-refractivity contribution in [3.63, 3.8) is 0 Å². The maximum Gasteiger partial charge on any atom is 0.410 e. The molecule has 1 aliphatic heterocycles. The standard InChI is InChI=1S/C33H43ClN6O7S/c1-32(2,3)21-16-24(29(45-7)25(17-21)39-48(8,43)44)38-30(41)20-9-10-23(34)26(15-20)46-28-18-27(35-19-36-28)37-22-11-13-40(14-12-22)31(42)47-33(4,5)6/h9-10,15-19,22,39H,11-14H2,1-8H3,(H,38,41)(H,35,36,37). The summed E-state index contributed by atoms with van der Waals surface area (Å²) in [6.45, 7) is 12.5. The van der Waals surface area contributed by atoms with E-state index in [2.05, 4.69) is 25.3 Å². The van der Waals surface area contributed by atoms with Gasteiger partial charge in [0.25, 0.3) is 5.91 Å². The fraction of sp³-hybridized carbons (Fsp3) is 0.455. The van der Waals surface area contributed by atoms with Crippen molar-refractivity contribution in [2.75, 3.05) is 41.8 Å². The molecule has 1 fully saturated rings. The molecule has 0 atom stereocenters. The zero-order valence-corrected chi connectivity index (χ0v) is 30.0. The number of methoxy groups -OCH3 is 1. The maximum atomic E-state index is 13.5. The Morgan fingerprint density at radius 2 is 1.65 bits per heavy atom. The van der Waals surface area contributed by atoms with Crippen molar-refractivity contribution in [1.82, 2.24) is 14.9 Å². The average Bonchev–Trinajstić information content (AvgIpc) is 2.96. The van der Waals surface area contributed by atoms with Gasteiger partial charge in [0.1, 0.15) is 23.5 Å². The largest absolute Gasteiger partial charge is 0.492 e. The highest BCUT2D eigenvalue weighted by atomic mass is 35.5. The highest BCUT2D eigenvalue weighted by Gasteiger charge is 2.27. The van der Waals surface area contributed by atoms with Gasteiger partial charge in [0.2, 0.25) is 15.9 Å². The van der Waals surface area contributed by atoms with Gasteiger partial charge in [-0.25, -0.2) is 23.2 Å². The second-order valence-corrected chi connectivity index (χ2v) is 15.7. The van der Waals surface area contributed by atoms with Gasteiger partial charge in [0.15, 0.2) is 5.75 Å². The number of aromatic nitrogens is 2. The minimum absolute atomic E-state index is 0.0731. The molecule has 1 aromatic heterocycles. The molecule has 2 aromatic carbocycles. The van der Waals surface area contributed by atoms with Crippen LogP contribution in [0.3, 0.4) is 0 Å². The first-order chi connectivity index (χ1) is 22.3. The zero-order valence-electron chi connectivity index (χ0n) is 28.4. The number of hydrogen-bond acceptors (Lipinski definition) is 10. The van der Waals surface area contributed by atoms with E-state index in [0.29, 0.717) is 31.7 Å². The first-order valence-corrected chi connectivity index (χ1v) is 17.6. The zero-order chi connectivity index (χ0) is 35.4. The van der Waals surface area contributed by atoms with E-state index in [9.17, 15) is 18.0 Å². The molecule has 1 aliphatic rings. The van der Waals surface area contributed by atoms with Gasteiger partial charge in [0.05, 0.1) is 29.8 Å². The van der Waals surface area contributed by atoms with Gasteiger partial charge in [-0.3, -0.25) is 9.52 Å². The quantitative estimate of drug-likeness (QED) is 0.220. The van der Waals surface area contributed by atoms with E-state index in [0.717, 1.165) is 11.8 Å². The van der Waals surface area contributed by atoms with Crippen molar-refractivity contribution in [3.05, 3.63) is 58.9 Å². The summed E-state index contributed by atoms with van der Waals surface area (Å²) in [5.41, 5.74) is 0.548. The Bertz CT molecular complexity index is 1760. The Balaban J connectivity index is 1.48. The van der Waals surface area contributed by atoms with Crippen LogP contribution in [0.1, 0.15) is 70.3 Å². The summed E-state index contributed by atoms with van der Waals surface area (Å²) < 4.78 is 43.6. The molecule has 1 saturated heterocycles. The fourth-order valence-corrected chi connectivity index (χ4v) is 5.60. The molecule has 0 spiro atoms. The number of ether oxygens (including phenoxy) is 3. The third kappa shape index (κ3) is 10.1. The first-order valence-electron chi connectivity index (χ1n) is 15.4. The van der Waals surface area contributed by atoms with E-state index in [1.165, 1.54) is 31.6 Å². The topological polar surface area (TPSA) is 161 Å². The molecule has 2 amide bonds. The van der Waals surface area contributed by atoms with Crippen LogP contribution in [0.25, 0.3) is 0 Å². The van der Waals surface area contributed by atoms with Gasteiger partial charge in [-0.15, -0.1) is 0 Å². The number of rotatable bonds is 9. The van der Waals surface area contributed by atoms with Gasteiger partial charge in [0, 0.05) is 30.8 Å². The smallest absolute Gasteiger partial charge is 0.410 e. The van der Waals surface area contributed by atoms with Crippen LogP contribution >= 0.6 is 11.6 Å². The van der Waals surface area contributed by atoms with Crippen molar-refractivity contribution >= 4 is 50.8 Å². The summed E-state index contributed by atoms with van der Waals surface area (Å²) in [5, 5.41) is 6.46. The van der Waals surface area contributed by atoms with E-state index < -0.39 is 21.5 Å². The van der Waals surface area contributed by atoms with Crippen molar-refractivity contribution in [3.8, 4) is 17.4 Å². The molecule has 260 valence electrons. The Kier molecular flexibility index (Phi) is 11.0. The van der Waals surface area contributed by atoms with Gasteiger partial charge >= 0.3 is 6.09 Å². The molecule has 15 heteroatoms. The van der Waals surface area contributed by atoms with Crippen molar-refractivity contribution in [2.45, 2.75) is 71.4 Å². The number of carbonyl (C=O) groups excluding carboxylic acids is 2. The lowest BCUT2D eigenvalue weighted by Crippen LogP contribution is -2.44. The molecule has 13 nitrogen and oxygen atoms in total. The van der Waals surface area contributed by atoms with Crippen LogP contribution < -0.4 is 24.8 Å². The van der Waals surface area contributed by atoms with E-state index in [1.807, 2.05) is 41.5 Å². The summed E-state index contributed by atoms with van der Waals surface area (Å²) >= 11 is 6.44. The number of amides is 2. The van der Waals surface area contributed by atoms with Crippen LogP contribution in [0.4, 0.5) is 22.0 Å². The SMILES string of the molecule is COc1c(NC(=O)c2ccc(Cl)c(Oc3cc(NC4CCN(C(=O)OC(C)(C)C)CC4)ncn3)c2)cc(C(C)(C)C)cc1NS(C)(=O)=O. The molecule has 4 rings (SSSR count). The molecule has 0 aliphatic carbocycles. The maximum absolute atomic E-state index is 13.5. The van der Waals surface area contributed by atoms with Crippen LogP contribution in [0.2, 0.25) is 5.02 Å². The van der Waals surface area contributed by atoms with E-state index in [4.69, 9.17) is 25.8 Å². The van der Waals surface area contributed by atoms with Gasteiger partial charge in [-0.1, -0.05) is 32.4 Å². The lowest BCUT2D eigenvalue weighted by molar-refractivity contribution is 0.0210. The lowest BCUT2D eigenvalue weighted by atomic mass is 9.86. The van der Waals surface area contributed by atoms with Gasteiger partial charge in [-0.2, -0.15) is 0 Å². The number of nitrogens with one attached hydrogen (secondary N) is 3.